The van der Waals surface area contributed by atoms with Gasteiger partial charge in [0.1, 0.15) is 4.64 Å². The molecule has 1 aliphatic rings. The van der Waals surface area contributed by atoms with Crippen molar-refractivity contribution in [3.63, 3.8) is 0 Å². The molecule has 52 valence electrons. The fourth-order valence-electron chi connectivity index (χ4n) is 1.45. The third-order valence-corrected chi connectivity index (χ3v) is 2.31. The minimum Gasteiger partial charge on any atom is -0.336 e. The van der Waals surface area contributed by atoms with Gasteiger partial charge in [0.2, 0.25) is 0 Å². The summed E-state index contributed by atoms with van der Waals surface area (Å²) >= 11 is 5.14. The predicted molar refractivity (Wildman–Crippen MR) is 43.6 cm³/mol. The summed E-state index contributed by atoms with van der Waals surface area (Å²) in [7, 11) is 0. The molecule has 0 aromatic carbocycles. The summed E-state index contributed by atoms with van der Waals surface area (Å²) in [6, 6.07) is 6.19. The van der Waals surface area contributed by atoms with Gasteiger partial charge in [-0.3, -0.25) is 0 Å². The predicted octanol–water partition coefficient (Wildman–Crippen LogP) is 2.16. The lowest BCUT2D eigenvalue weighted by Gasteiger charge is -2.00. The molecule has 2 heteroatoms. The van der Waals surface area contributed by atoms with Crippen LogP contribution in [0.5, 0.6) is 0 Å². The van der Waals surface area contributed by atoms with E-state index in [9.17, 15) is 0 Å². The number of hydrogen-bond donors (Lipinski definition) is 0. The molecular weight excluding hydrogens is 142 g/mol. The maximum Gasteiger partial charge on any atom is 0.106 e. The molecule has 0 radical (unpaired) electrons. The normalized spacial score (nSPS) is 15.2. The number of fused-ring (bicyclic) bond motifs is 1. The van der Waals surface area contributed by atoms with Crippen LogP contribution in [0.15, 0.2) is 18.2 Å². The summed E-state index contributed by atoms with van der Waals surface area (Å²) in [6.45, 7) is 1.12. The van der Waals surface area contributed by atoms with E-state index >= 15 is 0 Å². The number of aromatic nitrogens is 1. The van der Waals surface area contributed by atoms with Crippen molar-refractivity contribution in [2.45, 2.75) is 19.4 Å². The molecule has 2 rings (SSSR count). The van der Waals surface area contributed by atoms with E-state index in [0.717, 1.165) is 11.2 Å². The van der Waals surface area contributed by atoms with Crippen molar-refractivity contribution < 1.29 is 0 Å². The molecule has 0 fully saturated rings. The monoisotopic (exact) mass is 151 g/mol. The van der Waals surface area contributed by atoms with Crippen LogP contribution in [0.25, 0.3) is 0 Å². The highest BCUT2D eigenvalue weighted by Crippen LogP contribution is 2.13. The second kappa shape index (κ2) is 2.20. The van der Waals surface area contributed by atoms with E-state index in [0.29, 0.717) is 0 Å². The topological polar surface area (TPSA) is 4.93 Å². The fraction of sp³-hybridized carbons (Fsp3) is 0.375. The van der Waals surface area contributed by atoms with Crippen LogP contribution in [0.1, 0.15) is 12.1 Å². The maximum absolute atomic E-state index is 5.14. The third kappa shape index (κ3) is 0.797. The van der Waals surface area contributed by atoms with Gasteiger partial charge >= 0.3 is 0 Å². The Hall–Kier alpha value is -0.630. The van der Waals surface area contributed by atoms with E-state index in [1.807, 2.05) is 12.1 Å². The highest BCUT2D eigenvalue weighted by atomic mass is 32.1. The standard InChI is InChI=1S/C8H9NS/c10-8-5-1-3-7-4-2-6-9(7)8/h1,3,5H,2,4,6H2. The smallest absolute Gasteiger partial charge is 0.106 e. The molecule has 1 aromatic rings. The van der Waals surface area contributed by atoms with Crippen molar-refractivity contribution in [2.24, 2.45) is 0 Å². The lowest BCUT2D eigenvalue weighted by Crippen LogP contribution is -1.95. The first-order valence-electron chi connectivity index (χ1n) is 3.57. The number of hydrogen-bond acceptors (Lipinski definition) is 1. The van der Waals surface area contributed by atoms with Crippen molar-refractivity contribution in [1.82, 2.24) is 4.57 Å². The number of nitrogens with zero attached hydrogens (tertiary/aromatic N) is 1. The molecule has 0 saturated carbocycles. The Balaban J connectivity index is 2.70. The first kappa shape index (κ1) is 6.10. The SMILES string of the molecule is S=c1cccc2n1CCC2. The summed E-state index contributed by atoms with van der Waals surface area (Å²) in [6.07, 6.45) is 2.46. The van der Waals surface area contributed by atoms with E-state index in [4.69, 9.17) is 12.2 Å². The summed E-state index contributed by atoms with van der Waals surface area (Å²) in [5.74, 6) is 0. The van der Waals surface area contributed by atoms with Gasteiger partial charge in [0.25, 0.3) is 0 Å². The summed E-state index contributed by atoms with van der Waals surface area (Å²) in [5, 5.41) is 0. The number of pyridine rings is 1. The first-order chi connectivity index (χ1) is 4.88. The van der Waals surface area contributed by atoms with Crippen molar-refractivity contribution in [3.05, 3.63) is 28.5 Å². The van der Waals surface area contributed by atoms with Gasteiger partial charge in [-0.1, -0.05) is 18.3 Å². The summed E-state index contributed by atoms with van der Waals surface area (Å²) in [4.78, 5) is 0. The zero-order valence-corrected chi connectivity index (χ0v) is 6.53. The molecule has 0 spiro atoms. The van der Waals surface area contributed by atoms with E-state index in [1.165, 1.54) is 18.5 Å². The molecule has 2 heterocycles. The molecular formula is C8H9NS. The molecule has 0 bridgehead atoms. The van der Waals surface area contributed by atoms with Crippen LogP contribution < -0.4 is 0 Å². The second-order valence-corrected chi connectivity index (χ2v) is 3.03. The molecule has 1 nitrogen and oxygen atoms in total. The van der Waals surface area contributed by atoms with Crippen molar-refractivity contribution in [1.29, 1.82) is 0 Å². The minimum absolute atomic E-state index is 0.981. The van der Waals surface area contributed by atoms with Crippen LogP contribution in [0.4, 0.5) is 0 Å². The lowest BCUT2D eigenvalue weighted by molar-refractivity contribution is 0.735. The van der Waals surface area contributed by atoms with E-state index < -0.39 is 0 Å². The van der Waals surface area contributed by atoms with Gasteiger partial charge in [-0.05, 0) is 25.0 Å². The molecule has 0 aliphatic carbocycles. The second-order valence-electron chi connectivity index (χ2n) is 2.61. The van der Waals surface area contributed by atoms with E-state index in [1.54, 1.807) is 0 Å². The Morgan fingerprint density at radius 1 is 1.40 bits per heavy atom. The van der Waals surface area contributed by atoms with Gasteiger partial charge in [0.05, 0.1) is 0 Å². The van der Waals surface area contributed by atoms with Crippen molar-refractivity contribution in [3.8, 4) is 0 Å². The zero-order chi connectivity index (χ0) is 6.97. The van der Waals surface area contributed by atoms with Crippen LogP contribution in [-0.4, -0.2) is 4.57 Å². The van der Waals surface area contributed by atoms with Crippen LogP contribution in [0, 0.1) is 4.64 Å². The molecule has 0 amide bonds. The van der Waals surface area contributed by atoms with Crippen LogP contribution in [0.3, 0.4) is 0 Å². The molecule has 1 aliphatic heterocycles. The average Bonchev–Trinajstić information content (AvgIpc) is 2.36. The third-order valence-electron chi connectivity index (χ3n) is 1.95. The maximum atomic E-state index is 5.14. The van der Waals surface area contributed by atoms with Gasteiger partial charge in [0, 0.05) is 12.2 Å². The molecule has 10 heavy (non-hydrogen) atoms. The average molecular weight is 151 g/mol. The lowest BCUT2D eigenvalue weighted by atomic mass is 10.3. The van der Waals surface area contributed by atoms with Gasteiger partial charge in [-0.25, -0.2) is 0 Å². The first-order valence-corrected chi connectivity index (χ1v) is 3.97. The van der Waals surface area contributed by atoms with Crippen LogP contribution in [0.2, 0.25) is 0 Å². The fourth-order valence-corrected chi connectivity index (χ4v) is 1.74. The highest BCUT2D eigenvalue weighted by molar-refractivity contribution is 7.71. The highest BCUT2D eigenvalue weighted by Gasteiger charge is 2.07. The molecule has 0 unspecified atom stereocenters. The Bertz CT molecular complexity index is 300. The van der Waals surface area contributed by atoms with Crippen LogP contribution in [-0.2, 0) is 13.0 Å². The minimum atomic E-state index is 0.981. The Morgan fingerprint density at radius 2 is 2.30 bits per heavy atom. The van der Waals surface area contributed by atoms with Gasteiger partial charge < -0.3 is 4.57 Å². The largest absolute Gasteiger partial charge is 0.336 e. The Kier molecular flexibility index (Phi) is 1.34. The van der Waals surface area contributed by atoms with Crippen molar-refractivity contribution in [2.75, 3.05) is 0 Å². The van der Waals surface area contributed by atoms with Gasteiger partial charge in [-0.2, -0.15) is 0 Å². The van der Waals surface area contributed by atoms with Gasteiger partial charge in [0.15, 0.2) is 0 Å². The number of rotatable bonds is 0. The number of aryl methyl sites for hydroxylation is 1. The summed E-state index contributed by atoms with van der Waals surface area (Å²) in [5.41, 5.74) is 1.40. The Morgan fingerprint density at radius 3 is 3.10 bits per heavy atom. The molecule has 0 atom stereocenters. The zero-order valence-electron chi connectivity index (χ0n) is 5.71. The summed E-state index contributed by atoms with van der Waals surface area (Å²) < 4.78 is 3.20. The Labute approximate surface area is 65.3 Å². The van der Waals surface area contributed by atoms with Crippen molar-refractivity contribution >= 4 is 12.2 Å². The molecule has 0 saturated heterocycles. The molecule has 0 N–H and O–H groups in total. The van der Waals surface area contributed by atoms with E-state index in [-0.39, 0.29) is 0 Å². The molecule has 1 aromatic heterocycles. The van der Waals surface area contributed by atoms with E-state index in [2.05, 4.69) is 10.6 Å². The van der Waals surface area contributed by atoms with Gasteiger partial charge in [-0.15, -0.1) is 0 Å². The quantitative estimate of drug-likeness (QED) is 0.514. The van der Waals surface area contributed by atoms with Crippen LogP contribution >= 0.6 is 12.2 Å².